The van der Waals surface area contributed by atoms with Gasteiger partial charge in [0.25, 0.3) is 5.91 Å². The van der Waals surface area contributed by atoms with Crippen LogP contribution in [-0.2, 0) is 16.2 Å². The summed E-state index contributed by atoms with van der Waals surface area (Å²) in [5.74, 6) is 0.441. The van der Waals surface area contributed by atoms with Crippen LogP contribution in [0.5, 0.6) is 0 Å². The Balaban J connectivity index is 0.00000181. The molecule has 1 saturated carbocycles. The third kappa shape index (κ3) is 7.61. The van der Waals surface area contributed by atoms with E-state index < -0.39 is 0 Å². The molecule has 1 saturated heterocycles. The molecule has 1 amide bonds. The van der Waals surface area contributed by atoms with E-state index in [4.69, 9.17) is 0 Å². The van der Waals surface area contributed by atoms with E-state index in [1.165, 1.54) is 43.6 Å². The van der Waals surface area contributed by atoms with Gasteiger partial charge in [0.2, 0.25) is 0 Å². The first-order chi connectivity index (χ1) is 14.7. The summed E-state index contributed by atoms with van der Waals surface area (Å²) in [6.07, 6.45) is 6.97. The first kappa shape index (κ1) is 26.4. The lowest BCUT2D eigenvalue weighted by atomic mass is 10.0. The second-order valence-corrected chi connectivity index (χ2v) is 8.32. The van der Waals surface area contributed by atoms with Crippen LogP contribution in [0.3, 0.4) is 0 Å². The Labute approximate surface area is 203 Å². The summed E-state index contributed by atoms with van der Waals surface area (Å²) in [7, 11) is 1.42. The number of hydrogen-bond donors (Lipinski definition) is 2. The maximum Gasteiger partial charge on any atom is 0.267 e. The van der Waals surface area contributed by atoms with Crippen LogP contribution < -0.4 is 10.8 Å². The van der Waals surface area contributed by atoms with Gasteiger partial charge >= 0.3 is 0 Å². The summed E-state index contributed by atoms with van der Waals surface area (Å²) in [6, 6.07) is 20.6. The van der Waals surface area contributed by atoms with Crippen molar-refractivity contribution in [3.05, 3.63) is 77.4 Å². The summed E-state index contributed by atoms with van der Waals surface area (Å²) >= 11 is 0. The van der Waals surface area contributed by atoms with Crippen molar-refractivity contribution >= 4 is 36.8 Å². The van der Waals surface area contributed by atoms with E-state index >= 15 is 0 Å². The molecule has 32 heavy (non-hydrogen) atoms. The van der Waals surface area contributed by atoms with Crippen molar-refractivity contribution < 1.29 is 9.63 Å². The fraction of sp³-hybridized carbons (Fsp3) is 0.400. The van der Waals surface area contributed by atoms with Gasteiger partial charge in [-0.15, -0.1) is 24.8 Å². The molecular weight excluding hydrogens is 445 g/mol. The minimum atomic E-state index is -0.264. The van der Waals surface area contributed by atoms with Gasteiger partial charge in [0.05, 0.1) is 7.11 Å². The van der Waals surface area contributed by atoms with Crippen molar-refractivity contribution in [1.82, 2.24) is 15.7 Å². The monoisotopic (exact) mass is 477 g/mol. The number of nitrogens with zero attached hydrogens (tertiary/aromatic N) is 1. The molecule has 2 aromatic carbocycles. The van der Waals surface area contributed by atoms with E-state index in [1.807, 2.05) is 0 Å². The van der Waals surface area contributed by atoms with E-state index in [1.54, 1.807) is 6.08 Å². The van der Waals surface area contributed by atoms with Gasteiger partial charge in [0.15, 0.2) is 0 Å². The lowest BCUT2D eigenvalue weighted by Crippen LogP contribution is -2.43. The number of piperidine rings is 1. The number of carbonyl (C=O) groups excluding carboxylic acids is 1. The van der Waals surface area contributed by atoms with E-state index in [0.717, 1.165) is 25.2 Å². The molecule has 174 valence electrons. The van der Waals surface area contributed by atoms with Crippen molar-refractivity contribution in [2.24, 2.45) is 0 Å². The summed E-state index contributed by atoms with van der Waals surface area (Å²) in [6.45, 7) is 3.26. The van der Waals surface area contributed by atoms with Gasteiger partial charge in [-0.25, -0.2) is 5.48 Å². The highest BCUT2D eigenvalue weighted by molar-refractivity contribution is 5.90. The standard InChI is InChI=1S/C25H31N3O2.2ClH/c1-30-27-25(29)12-11-19-7-9-20(10-8-19)18-28-15-13-22(14-16-28)26-24-17-23(24)21-5-3-2-4-6-21;;/h2-12,22-24,26H,13-18H2,1H3,(H,27,29);2*1H/b12-11+;;/t23-,24+;;/m0../s1. The van der Waals surface area contributed by atoms with Gasteiger partial charge < -0.3 is 5.32 Å². The van der Waals surface area contributed by atoms with Crippen LogP contribution >= 0.6 is 24.8 Å². The topological polar surface area (TPSA) is 53.6 Å². The zero-order valence-electron chi connectivity index (χ0n) is 18.4. The Morgan fingerprint density at radius 2 is 1.75 bits per heavy atom. The third-order valence-corrected chi connectivity index (χ3v) is 6.07. The van der Waals surface area contributed by atoms with E-state index in [0.29, 0.717) is 18.0 Å². The first-order valence-electron chi connectivity index (χ1n) is 10.8. The summed E-state index contributed by atoms with van der Waals surface area (Å²) < 4.78 is 0. The molecule has 0 spiro atoms. The lowest BCUT2D eigenvalue weighted by molar-refractivity contribution is -0.126. The number of hydrogen-bond acceptors (Lipinski definition) is 4. The molecule has 0 aromatic heterocycles. The number of likely N-dealkylation sites (tertiary alicyclic amines) is 1. The smallest absolute Gasteiger partial charge is 0.267 e. The van der Waals surface area contributed by atoms with Crippen molar-refractivity contribution in [2.45, 2.75) is 43.8 Å². The lowest BCUT2D eigenvalue weighted by Gasteiger charge is -2.32. The molecule has 1 aliphatic carbocycles. The second kappa shape index (κ2) is 13.0. The zero-order chi connectivity index (χ0) is 20.8. The highest BCUT2D eigenvalue weighted by atomic mass is 35.5. The number of hydroxylamine groups is 1. The van der Waals surface area contributed by atoms with Gasteiger partial charge in [-0.1, -0.05) is 54.6 Å². The molecule has 7 heteroatoms. The Morgan fingerprint density at radius 1 is 1.06 bits per heavy atom. The van der Waals surface area contributed by atoms with Crippen LogP contribution in [-0.4, -0.2) is 43.1 Å². The zero-order valence-corrected chi connectivity index (χ0v) is 20.0. The number of rotatable bonds is 8. The minimum Gasteiger partial charge on any atom is -0.311 e. The Morgan fingerprint density at radius 3 is 2.41 bits per heavy atom. The third-order valence-electron chi connectivity index (χ3n) is 6.07. The van der Waals surface area contributed by atoms with Crippen LogP contribution in [0.4, 0.5) is 0 Å². The second-order valence-electron chi connectivity index (χ2n) is 8.32. The quantitative estimate of drug-likeness (QED) is 0.438. The van der Waals surface area contributed by atoms with Gasteiger partial charge in [-0.2, -0.15) is 0 Å². The van der Waals surface area contributed by atoms with Crippen LogP contribution in [0.25, 0.3) is 6.08 Å². The molecule has 0 unspecified atom stereocenters. The fourth-order valence-corrected chi connectivity index (χ4v) is 4.31. The number of benzene rings is 2. The molecule has 0 radical (unpaired) electrons. The first-order valence-corrected chi connectivity index (χ1v) is 10.8. The van der Waals surface area contributed by atoms with Crippen molar-refractivity contribution in [2.75, 3.05) is 20.2 Å². The number of amides is 1. The van der Waals surface area contributed by atoms with E-state index in [2.05, 4.69) is 75.1 Å². The SMILES string of the molecule is CONC(=O)/C=C/c1ccc(CN2CCC(N[C@@H]3C[C@H]3c3ccccc3)CC2)cc1.Cl.Cl. The summed E-state index contributed by atoms with van der Waals surface area (Å²) in [5.41, 5.74) is 6.07. The van der Waals surface area contributed by atoms with Crippen LogP contribution in [0.2, 0.25) is 0 Å². The number of carbonyl (C=O) groups is 1. The molecule has 2 aliphatic rings. The largest absolute Gasteiger partial charge is 0.311 e. The average Bonchev–Trinajstić information content (AvgIpc) is 3.55. The van der Waals surface area contributed by atoms with Crippen LogP contribution in [0, 0.1) is 0 Å². The Kier molecular flexibility index (Phi) is 10.7. The minimum absolute atomic E-state index is 0. The predicted octanol–water partition coefficient (Wildman–Crippen LogP) is 4.33. The van der Waals surface area contributed by atoms with Gasteiger partial charge in [-0.3, -0.25) is 14.5 Å². The van der Waals surface area contributed by atoms with Crippen LogP contribution in [0.15, 0.2) is 60.7 Å². The average molecular weight is 478 g/mol. The maximum atomic E-state index is 11.4. The summed E-state index contributed by atoms with van der Waals surface area (Å²) in [5, 5.41) is 3.89. The molecule has 2 N–H and O–H groups in total. The molecule has 2 aromatic rings. The molecule has 4 rings (SSSR count). The molecule has 0 bridgehead atoms. The predicted molar refractivity (Wildman–Crippen MR) is 134 cm³/mol. The Hall–Kier alpha value is -1.89. The molecule has 1 aliphatic heterocycles. The van der Waals surface area contributed by atoms with Crippen molar-refractivity contribution in [3.63, 3.8) is 0 Å². The van der Waals surface area contributed by atoms with E-state index in [9.17, 15) is 4.79 Å². The van der Waals surface area contributed by atoms with Crippen LogP contribution in [0.1, 0.15) is 41.9 Å². The number of halogens is 2. The number of nitrogens with one attached hydrogen (secondary N) is 2. The van der Waals surface area contributed by atoms with Crippen molar-refractivity contribution in [3.8, 4) is 0 Å². The molecule has 2 fully saturated rings. The highest BCUT2D eigenvalue weighted by Gasteiger charge is 2.39. The van der Waals surface area contributed by atoms with Crippen molar-refractivity contribution in [1.29, 1.82) is 0 Å². The summed E-state index contributed by atoms with van der Waals surface area (Å²) in [4.78, 5) is 18.5. The van der Waals surface area contributed by atoms with Gasteiger partial charge in [0.1, 0.15) is 0 Å². The molecular formula is C25H33Cl2N3O2. The fourth-order valence-electron chi connectivity index (χ4n) is 4.31. The highest BCUT2D eigenvalue weighted by Crippen LogP contribution is 2.41. The Bertz CT molecular complexity index is 853. The molecule has 2 atom stereocenters. The van der Waals surface area contributed by atoms with E-state index in [-0.39, 0.29) is 30.7 Å². The van der Waals surface area contributed by atoms with Gasteiger partial charge in [0, 0.05) is 30.6 Å². The molecule has 1 heterocycles. The maximum absolute atomic E-state index is 11.4. The molecule has 5 nitrogen and oxygen atoms in total. The normalized spacial score (nSPS) is 20.9. The van der Waals surface area contributed by atoms with Gasteiger partial charge in [-0.05, 0) is 55.1 Å².